The fraction of sp³-hybridized carbons (Fsp3) is 0.263. The van der Waals surface area contributed by atoms with Gasteiger partial charge in [0.05, 0.1) is 48.6 Å². The SMILES string of the molecule is C[NH+](C)CCN1C(=O)C(O)=C(C(=O)c2cccs2)[C@H]1c1cccc([N+](=O)[O-])c1. The fourth-order valence-electron chi connectivity index (χ4n) is 3.16. The zero-order chi connectivity index (χ0) is 20.4. The van der Waals surface area contributed by atoms with Crippen LogP contribution >= 0.6 is 11.3 Å². The molecule has 0 aliphatic carbocycles. The molecular weight excluding hydrogens is 382 g/mol. The number of rotatable bonds is 7. The van der Waals surface area contributed by atoms with Gasteiger partial charge in [-0.2, -0.15) is 0 Å². The minimum absolute atomic E-state index is 0.0401. The first-order valence-corrected chi connectivity index (χ1v) is 9.55. The van der Waals surface area contributed by atoms with Crippen LogP contribution in [-0.4, -0.2) is 53.8 Å². The third-order valence-electron chi connectivity index (χ3n) is 4.54. The standard InChI is InChI=1S/C19H19N3O5S/c1-20(2)8-9-21-16(12-5-3-6-13(11-12)22(26)27)15(18(24)19(21)25)17(23)14-7-4-10-28-14/h3-7,10-11,16,24H,8-9H2,1-2H3/p+1/t16-/m1/s1. The summed E-state index contributed by atoms with van der Waals surface area (Å²) < 4.78 is 0. The van der Waals surface area contributed by atoms with Crippen LogP contribution in [0.2, 0.25) is 0 Å². The van der Waals surface area contributed by atoms with E-state index in [0.29, 0.717) is 23.5 Å². The third-order valence-corrected chi connectivity index (χ3v) is 5.41. The molecule has 8 nitrogen and oxygen atoms in total. The minimum atomic E-state index is -0.874. The van der Waals surface area contributed by atoms with E-state index in [0.717, 1.165) is 4.90 Å². The summed E-state index contributed by atoms with van der Waals surface area (Å²) in [5, 5.41) is 23.4. The second-order valence-electron chi connectivity index (χ2n) is 6.78. The number of quaternary nitrogens is 1. The van der Waals surface area contributed by atoms with E-state index in [1.165, 1.54) is 34.4 Å². The van der Waals surface area contributed by atoms with E-state index in [-0.39, 0.29) is 11.3 Å². The summed E-state index contributed by atoms with van der Waals surface area (Å²) in [5.41, 5.74) is 0.236. The average molecular weight is 402 g/mol. The molecule has 1 amide bonds. The number of carbonyl (C=O) groups excluding carboxylic acids is 2. The number of Topliss-reactive ketones (excluding diaryl/α,β-unsaturated/α-hetero) is 1. The molecule has 1 aromatic carbocycles. The van der Waals surface area contributed by atoms with Gasteiger partial charge in [0.15, 0.2) is 5.76 Å². The number of non-ortho nitro benzene ring substituents is 1. The molecule has 1 atom stereocenters. The van der Waals surface area contributed by atoms with Crippen molar-refractivity contribution in [3.8, 4) is 0 Å². The number of carbonyl (C=O) groups is 2. The zero-order valence-electron chi connectivity index (χ0n) is 15.4. The highest BCUT2D eigenvalue weighted by Crippen LogP contribution is 2.40. The molecule has 0 unspecified atom stereocenters. The Balaban J connectivity index is 2.09. The number of amides is 1. The average Bonchev–Trinajstić information content (AvgIpc) is 3.28. The number of nitro benzene ring substituents is 1. The molecule has 0 spiro atoms. The van der Waals surface area contributed by atoms with Crippen LogP contribution in [0.25, 0.3) is 0 Å². The summed E-state index contributed by atoms with van der Waals surface area (Å²) in [7, 11) is 3.85. The van der Waals surface area contributed by atoms with Crippen LogP contribution in [0, 0.1) is 10.1 Å². The van der Waals surface area contributed by atoms with E-state index >= 15 is 0 Å². The van der Waals surface area contributed by atoms with Crippen molar-refractivity contribution in [1.29, 1.82) is 0 Å². The normalized spacial score (nSPS) is 16.9. The molecule has 146 valence electrons. The highest BCUT2D eigenvalue weighted by Gasteiger charge is 2.44. The summed E-state index contributed by atoms with van der Waals surface area (Å²) in [6.45, 7) is 0.880. The summed E-state index contributed by atoms with van der Waals surface area (Å²) in [6, 6.07) is 8.28. The maximum Gasteiger partial charge on any atom is 0.290 e. The first-order valence-electron chi connectivity index (χ1n) is 8.67. The molecule has 1 aromatic heterocycles. The van der Waals surface area contributed by atoms with Gasteiger partial charge in [-0.05, 0) is 17.0 Å². The second-order valence-corrected chi connectivity index (χ2v) is 7.73. The topological polar surface area (TPSA) is 105 Å². The number of benzene rings is 1. The second kappa shape index (κ2) is 7.91. The summed E-state index contributed by atoms with van der Waals surface area (Å²) in [6.07, 6.45) is 0. The van der Waals surface area contributed by atoms with E-state index in [2.05, 4.69) is 0 Å². The molecule has 0 bridgehead atoms. The number of hydrogen-bond acceptors (Lipinski definition) is 6. The van der Waals surface area contributed by atoms with Crippen LogP contribution < -0.4 is 4.90 Å². The van der Waals surface area contributed by atoms with E-state index in [1.807, 2.05) is 14.1 Å². The molecule has 2 heterocycles. The van der Waals surface area contributed by atoms with E-state index in [4.69, 9.17) is 0 Å². The molecule has 28 heavy (non-hydrogen) atoms. The van der Waals surface area contributed by atoms with Gasteiger partial charge < -0.3 is 14.9 Å². The van der Waals surface area contributed by atoms with Gasteiger partial charge in [0, 0.05) is 12.1 Å². The van der Waals surface area contributed by atoms with Crippen molar-refractivity contribution in [2.45, 2.75) is 6.04 Å². The van der Waals surface area contributed by atoms with Crippen LogP contribution in [0.15, 0.2) is 53.1 Å². The van der Waals surface area contributed by atoms with Crippen molar-refractivity contribution < 1.29 is 24.5 Å². The Morgan fingerprint density at radius 2 is 2.07 bits per heavy atom. The highest BCUT2D eigenvalue weighted by atomic mass is 32.1. The molecular formula is C19H20N3O5S+. The molecule has 0 radical (unpaired) electrons. The van der Waals surface area contributed by atoms with Gasteiger partial charge in [-0.1, -0.05) is 18.2 Å². The summed E-state index contributed by atoms with van der Waals surface area (Å²) in [4.78, 5) is 39.3. The molecule has 2 aromatic rings. The highest BCUT2D eigenvalue weighted by molar-refractivity contribution is 7.12. The molecule has 0 saturated heterocycles. The summed E-state index contributed by atoms with van der Waals surface area (Å²) in [5.74, 6) is -1.68. The van der Waals surface area contributed by atoms with Crippen LogP contribution in [0.3, 0.4) is 0 Å². The lowest BCUT2D eigenvalue weighted by Gasteiger charge is -2.26. The number of hydrogen-bond donors (Lipinski definition) is 2. The molecule has 3 rings (SSSR count). The van der Waals surface area contributed by atoms with Crippen LogP contribution in [0.4, 0.5) is 5.69 Å². The number of aliphatic hydroxyl groups excluding tert-OH is 1. The van der Waals surface area contributed by atoms with Crippen LogP contribution in [-0.2, 0) is 4.79 Å². The van der Waals surface area contributed by atoms with Crippen LogP contribution in [0.1, 0.15) is 21.3 Å². The predicted molar refractivity (Wildman–Crippen MR) is 104 cm³/mol. The Morgan fingerprint density at radius 3 is 2.68 bits per heavy atom. The van der Waals surface area contributed by atoms with Gasteiger partial charge >= 0.3 is 0 Å². The van der Waals surface area contributed by atoms with Gasteiger partial charge in [-0.15, -0.1) is 11.3 Å². The molecule has 0 fully saturated rings. The van der Waals surface area contributed by atoms with Crippen molar-refractivity contribution >= 4 is 28.7 Å². The number of aliphatic hydroxyl groups is 1. The maximum atomic E-state index is 13.0. The van der Waals surface area contributed by atoms with E-state index < -0.39 is 28.4 Å². The molecule has 1 aliphatic rings. The largest absolute Gasteiger partial charge is 0.503 e. The Kier molecular flexibility index (Phi) is 5.57. The lowest BCUT2D eigenvalue weighted by atomic mass is 9.95. The number of nitro groups is 1. The van der Waals surface area contributed by atoms with E-state index in [9.17, 15) is 24.8 Å². The maximum absolute atomic E-state index is 13.0. The smallest absolute Gasteiger partial charge is 0.290 e. The zero-order valence-corrected chi connectivity index (χ0v) is 16.2. The van der Waals surface area contributed by atoms with Crippen molar-refractivity contribution in [3.63, 3.8) is 0 Å². The van der Waals surface area contributed by atoms with Crippen molar-refractivity contribution in [2.75, 3.05) is 27.2 Å². The lowest BCUT2D eigenvalue weighted by Crippen LogP contribution is -3.06. The molecule has 2 N–H and O–H groups in total. The number of nitrogens with zero attached hydrogens (tertiary/aromatic N) is 2. The van der Waals surface area contributed by atoms with Gasteiger partial charge in [-0.25, -0.2) is 0 Å². The van der Waals surface area contributed by atoms with Crippen LogP contribution in [0.5, 0.6) is 0 Å². The fourth-order valence-corrected chi connectivity index (χ4v) is 3.83. The van der Waals surface area contributed by atoms with Crippen molar-refractivity contribution in [3.05, 3.63) is 73.7 Å². The van der Waals surface area contributed by atoms with Crippen molar-refractivity contribution in [2.24, 2.45) is 0 Å². The first kappa shape index (κ1) is 19.7. The Labute approximate surface area is 165 Å². The van der Waals surface area contributed by atoms with Gasteiger partial charge in [-0.3, -0.25) is 19.7 Å². The monoisotopic (exact) mass is 402 g/mol. The number of nitrogens with one attached hydrogen (secondary N) is 1. The number of likely N-dealkylation sites (N-methyl/N-ethyl adjacent to an activating group) is 1. The lowest BCUT2D eigenvalue weighted by molar-refractivity contribution is -0.857. The third kappa shape index (κ3) is 3.67. The first-order chi connectivity index (χ1) is 13.3. The molecule has 1 aliphatic heterocycles. The number of ketones is 1. The predicted octanol–water partition coefficient (Wildman–Crippen LogP) is 1.38. The van der Waals surface area contributed by atoms with Crippen molar-refractivity contribution in [1.82, 2.24) is 4.90 Å². The Bertz CT molecular complexity index is 952. The molecule has 9 heteroatoms. The van der Waals surface area contributed by atoms with E-state index in [1.54, 1.807) is 23.6 Å². The van der Waals surface area contributed by atoms with Gasteiger partial charge in [0.2, 0.25) is 5.78 Å². The molecule has 0 saturated carbocycles. The minimum Gasteiger partial charge on any atom is -0.503 e. The Hall–Kier alpha value is -3.04. The van der Waals surface area contributed by atoms with Gasteiger partial charge in [0.25, 0.3) is 11.6 Å². The Morgan fingerprint density at radius 1 is 1.32 bits per heavy atom. The summed E-state index contributed by atoms with van der Waals surface area (Å²) >= 11 is 1.21. The number of thiophene rings is 1. The van der Waals surface area contributed by atoms with Gasteiger partial charge in [0.1, 0.15) is 0 Å². The quantitative estimate of drug-likeness (QED) is 0.414.